The Hall–Kier alpha value is -2.57. The molecule has 7 heteroatoms. The van der Waals surface area contributed by atoms with Crippen LogP contribution < -0.4 is 10.6 Å². The Morgan fingerprint density at radius 1 is 1.24 bits per heavy atom. The monoisotopic (exact) mass is 294 g/mol. The van der Waals surface area contributed by atoms with Crippen molar-refractivity contribution in [2.45, 2.75) is 19.4 Å². The number of carboxylic acid groups (broad SMARTS) is 1. The summed E-state index contributed by atoms with van der Waals surface area (Å²) in [6.07, 6.45) is -0.666. The number of rotatable bonds is 7. The molecule has 7 nitrogen and oxygen atoms in total. The van der Waals surface area contributed by atoms with Crippen molar-refractivity contribution < 1.29 is 24.2 Å². The maximum absolute atomic E-state index is 11.5. The molecule has 3 N–H and O–H groups in total. The summed E-state index contributed by atoms with van der Waals surface area (Å²) in [6.45, 7) is 1.50. The van der Waals surface area contributed by atoms with E-state index in [0.29, 0.717) is 0 Å². The van der Waals surface area contributed by atoms with Crippen molar-refractivity contribution in [3.8, 4) is 0 Å². The molecule has 0 saturated carbocycles. The van der Waals surface area contributed by atoms with Gasteiger partial charge in [0.2, 0.25) is 5.91 Å². The van der Waals surface area contributed by atoms with Crippen LogP contribution in [-0.4, -0.2) is 42.3 Å². The second kappa shape index (κ2) is 8.57. The van der Waals surface area contributed by atoms with Crippen LogP contribution in [0.5, 0.6) is 0 Å². The number of aliphatic carboxylic acids is 1. The Bertz CT molecular complexity index is 489. The van der Waals surface area contributed by atoms with Gasteiger partial charge < -0.3 is 20.5 Å². The molecule has 1 aromatic rings. The number of alkyl carbamates (subject to hydrolysis) is 1. The fourth-order valence-electron chi connectivity index (χ4n) is 1.60. The molecule has 0 aliphatic carbocycles. The summed E-state index contributed by atoms with van der Waals surface area (Å²) in [4.78, 5) is 33.2. The first-order valence-corrected chi connectivity index (χ1v) is 6.43. The third kappa shape index (κ3) is 6.95. The largest absolute Gasteiger partial charge is 0.480 e. The lowest BCUT2D eigenvalue weighted by molar-refractivity contribution is -0.139. The molecule has 1 aromatic carbocycles. The third-order valence-corrected chi connectivity index (χ3v) is 2.58. The summed E-state index contributed by atoms with van der Waals surface area (Å²) < 4.78 is 4.78. The summed E-state index contributed by atoms with van der Waals surface area (Å²) in [6, 6.07) is 7.89. The highest BCUT2D eigenvalue weighted by Gasteiger charge is 2.20. The Balaban J connectivity index is 2.41. The number of carboxylic acids is 1. The van der Waals surface area contributed by atoms with E-state index >= 15 is 0 Å². The second-order valence-corrected chi connectivity index (χ2v) is 4.34. The topological polar surface area (TPSA) is 105 Å². The molecule has 0 heterocycles. The standard InChI is InChI=1S/C14H18N2O5/c1-10(17)15-7-8-21-14(20)16-12(13(18)19)9-11-5-3-2-4-6-11/h2-6,12H,7-9H2,1H3,(H,15,17)(H,16,20)(H,18,19)/t12-/m0/s1. The molecule has 0 saturated heterocycles. The van der Waals surface area contributed by atoms with Crippen molar-refractivity contribution in [3.63, 3.8) is 0 Å². The van der Waals surface area contributed by atoms with Crippen LogP contribution in [0.4, 0.5) is 4.79 Å². The maximum atomic E-state index is 11.5. The molecule has 0 unspecified atom stereocenters. The minimum Gasteiger partial charge on any atom is -0.480 e. The Morgan fingerprint density at radius 2 is 1.90 bits per heavy atom. The van der Waals surface area contributed by atoms with Gasteiger partial charge in [-0.25, -0.2) is 9.59 Å². The molecule has 1 atom stereocenters. The van der Waals surface area contributed by atoms with Gasteiger partial charge in [-0.05, 0) is 5.56 Å². The van der Waals surface area contributed by atoms with Crippen LogP contribution in [0.2, 0.25) is 0 Å². The number of carbonyl (C=O) groups is 3. The van der Waals surface area contributed by atoms with Crippen LogP contribution in [-0.2, 0) is 20.7 Å². The van der Waals surface area contributed by atoms with E-state index in [4.69, 9.17) is 9.84 Å². The maximum Gasteiger partial charge on any atom is 0.407 e. The van der Waals surface area contributed by atoms with E-state index < -0.39 is 18.1 Å². The van der Waals surface area contributed by atoms with Crippen molar-refractivity contribution in [1.29, 1.82) is 0 Å². The number of benzene rings is 1. The van der Waals surface area contributed by atoms with Crippen LogP contribution in [0.3, 0.4) is 0 Å². The zero-order valence-electron chi connectivity index (χ0n) is 11.7. The summed E-state index contributed by atoms with van der Waals surface area (Å²) in [5, 5.41) is 13.8. The van der Waals surface area contributed by atoms with Crippen LogP contribution in [0.15, 0.2) is 30.3 Å². The van der Waals surface area contributed by atoms with Gasteiger partial charge in [-0.2, -0.15) is 0 Å². The predicted molar refractivity (Wildman–Crippen MR) is 74.7 cm³/mol. The van der Waals surface area contributed by atoms with Crippen molar-refractivity contribution in [3.05, 3.63) is 35.9 Å². The number of carbonyl (C=O) groups excluding carboxylic acids is 2. The SMILES string of the molecule is CC(=O)NCCOC(=O)N[C@@H](Cc1ccccc1)C(=O)O. The van der Waals surface area contributed by atoms with Gasteiger partial charge in [0.25, 0.3) is 0 Å². The highest BCUT2D eigenvalue weighted by molar-refractivity contribution is 5.80. The molecule has 0 fully saturated rings. The molecule has 21 heavy (non-hydrogen) atoms. The number of nitrogens with one attached hydrogen (secondary N) is 2. The van der Waals surface area contributed by atoms with E-state index in [0.717, 1.165) is 5.56 Å². The van der Waals surface area contributed by atoms with Gasteiger partial charge in [-0.3, -0.25) is 4.79 Å². The van der Waals surface area contributed by atoms with Gasteiger partial charge in [0.1, 0.15) is 12.6 Å². The third-order valence-electron chi connectivity index (χ3n) is 2.58. The first-order chi connectivity index (χ1) is 9.99. The van der Waals surface area contributed by atoms with E-state index in [2.05, 4.69) is 10.6 Å². The van der Waals surface area contributed by atoms with Gasteiger partial charge in [-0.15, -0.1) is 0 Å². The first-order valence-electron chi connectivity index (χ1n) is 6.43. The summed E-state index contributed by atoms with van der Waals surface area (Å²) >= 11 is 0. The molecular weight excluding hydrogens is 276 g/mol. The molecule has 0 aliphatic heterocycles. The van der Waals surface area contributed by atoms with Gasteiger partial charge in [0.05, 0.1) is 6.54 Å². The lowest BCUT2D eigenvalue weighted by Crippen LogP contribution is -2.43. The van der Waals surface area contributed by atoms with Crippen molar-refractivity contribution in [1.82, 2.24) is 10.6 Å². The zero-order valence-corrected chi connectivity index (χ0v) is 11.7. The van der Waals surface area contributed by atoms with E-state index in [1.165, 1.54) is 6.92 Å². The van der Waals surface area contributed by atoms with E-state index in [-0.39, 0.29) is 25.5 Å². The van der Waals surface area contributed by atoms with Crippen LogP contribution in [0, 0.1) is 0 Å². The van der Waals surface area contributed by atoms with E-state index in [1.807, 2.05) is 6.07 Å². The average Bonchev–Trinajstić information content (AvgIpc) is 2.44. The van der Waals surface area contributed by atoms with Crippen LogP contribution in [0.1, 0.15) is 12.5 Å². The molecule has 2 amide bonds. The van der Waals surface area contributed by atoms with Crippen molar-refractivity contribution in [2.24, 2.45) is 0 Å². The van der Waals surface area contributed by atoms with Crippen LogP contribution in [0.25, 0.3) is 0 Å². The molecule has 0 spiro atoms. The predicted octanol–water partition coefficient (Wildman–Crippen LogP) is 0.545. The number of hydrogen-bond acceptors (Lipinski definition) is 4. The summed E-state index contributed by atoms with van der Waals surface area (Å²) in [5.41, 5.74) is 0.795. The number of amides is 2. The first kappa shape index (κ1) is 16.5. The molecule has 0 aromatic heterocycles. The smallest absolute Gasteiger partial charge is 0.407 e. The molecule has 0 aliphatic rings. The van der Waals surface area contributed by atoms with Crippen molar-refractivity contribution >= 4 is 18.0 Å². The lowest BCUT2D eigenvalue weighted by atomic mass is 10.1. The Kier molecular flexibility index (Phi) is 6.73. The van der Waals surface area contributed by atoms with E-state index in [9.17, 15) is 14.4 Å². The van der Waals surface area contributed by atoms with Gasteiger partial charge in [0.15, 0.2) is 0 Å². The van der Waals surface area contributed by atoms with Crippen molar-refractivity contribution in [2.75, 3.05) is 13.2 Å². The van der Waals surface area contributed by atoms with Crippen LogP contribution >= 0.6 is 0 Å². The minimum atomic E-state index is -1.14. The highest BCUT2D eigenvalue weighted by atomic mass is 16.5. The van der Waals surface area contributed by atoms with Gasteiger partial charge in [-0.1, -0.05) is 30.3 Å². The Morgan fingerprint density at radius 3 is 2.48 bits per heavy atom. The number of ether oxygens (including phenoxy) is 1. The molecule has 114 valence electrons. The summed E-state index contributed by atoms with van der Waals surface area (Å²) in [5.74, 6) is -1.37. The summed E-state index contributed by atoms with van der Waals surface area (Å²) in [7, 11) is 0. The Labute approximate surface area is 122 Å². The van der Waals surface area contributed by atoms with Gasteiger partial charge >= 0.3 is 12.1 Å². The molecule has 1 rings (SSSR count). The minimum absolute atomic E-state index is 0.0247. The highest BCUT2D eigenvalue weighted by Crippen LogP contribution is 2.03. The molecular formula is C14H18N2O5. The van der Waals surface area contributed by atoms with Gasteiger partial charge in [0, 0.05) is 13.3 Å². The quantitative estimate of drug-likeness (QED) is 0.637. The fourth-order valence-corrected chi connectivity index (χ4v) is 1.60. The second-order valence-electron chi connectivity index (χ2n) is 4.34. The molecule has 0 radical (unpaired) electrons. The number of hydrogen-bond donors (Lipinski definition) is 3. The lowest BCUT2D eigenvalue weighted by Gasteiger charge is -2.14. The van der Waals surface area contributed by atoms with E-state index in [1.54, 1.807) is 24.3 Å². The fraction of sp³-hybridized carbons (Fsp3) is 0.357. The average molecular weight is 294 g/mol. The zero-order chi connectivity index (χ0) is 15.7. The normalized spacial score (nSPS) is 11.3. The molecule has 0 bridgehead atoms.